The van der Waals surface area contributed by atoms with E-state index in [0.717, 1.165) is 108 Å². The van der Waals surface area contributed by atoms with E-state index in [4.69, 9.17) is 37.0 Å². The summed E-state index contributed by atoms with van der Waals surface area (Å²) in [5, 5.41) is 10.6. The van der Waals surface area contributed by atoms with Crippen molar-refractivity contribution >= 4 is 39.5 Å². The molecule has 0 aliphatic rings. The first-order chi connectivity index (χ1) is 46.1. The van der Waals surface area contributed by atoms with Gasteiger partial charge in [-0.2, -0.15) is 0 Å². The quantitative estimate of drug-likeness (QED) is 0.0222. The fraction of sp³-hybridized carbons (Fsp3) is 0.948. The lowest BCUT2D eigenvalue weighted by atomic mass is 10.0. The maximum atomic E-state index is 13.1. The average Bonchev–Trinajstić information content (AvgIpc) is 1.19. The molecule has 0 heterocycles. The van der Waals surface area contributed by atoms with E-state index in [2.05, 4.69) is 55.4 Å². The highest BCUT2D eigenvalue weighted by atomic mass is 31.2. The van der Waals surface area contributed by atoms with Gasteiger partial charge in [0.05, 0.1) is 26.4 Å². The minimum atomic E-state index is -4.96. The van der Waals surface area contributed by atoms with Crippen LogP contribution in [0.2, 0.25) is 0 Å². The Bertz CT molecular complexity index is 1880. The lowest BCUT2D eigenvalue weighted by molar-refractivity contribution is -0.161. The highest BCUT2D eigenvalue weighted by Crippen LogP contribution is 2.45. The predicted molar refractivity (Wildman–Crippen MR) is 391 cm³/mol. The highest BCUT2D eigenvalue weighted by Gasteiger charge is 2.30. The molecule has 0 amide bonds. The van der Waals surface area contributed by atoms with E-state index in [-0.39, 0.29) is 25.7 Å². The number of ether oxygens (including phenoxy) is 4. The molecule has 5 atom stereocenters. The molecule has 0 radical (unpaired) electrons. The summed E-state index contributed by atoms with van der Waals surface area (Å²) in [5.41, 5.74) is 0. The second kappa shape index (κ2) is 66.3. The van der Waals surface area contributed by atoms with E-state index in [1.54, 1.807) is 0 Å². The Kier molecular flexibility index (Phi) is 65.0. The normalized spacial score (nSPS) is 14.1. The number of aliphatic hydroxyl groups excluding tert-OH is 1. The molecule has 0 aliphatic heterocycles. The Morgan fingerprint density at radius 2 is 0.438 bits per heavy atom. The van der Waals surface area contributed by atoms with Crippen LogP contribution in [0.3, 0.4) is 0 Å². The van der Waals surface area contributed by atoms with Gasteiger partial charge >= 0.3 is 39.5 Å². The molecule has 0 aromatic rings. The van der Waals surface area contributed by atoms with Crippen LogP contribution in [-0.2, 0) is 65.4 Å². The summed E-state index contributed by atoms with van der Waals surface area (Å²) in [5.74, 6) is 0.866. The van der Waals surface area contributed by atoms with Crippen molar-refractivity contribution in [1.29, 1.82) is 0 Å². The van der Waals surface area contributed by atoms with Gasteiger partial charge in [-0.25, -0.2) is 9.13 Å². The molecule has 0 aliphatic carbocycles. The third kappa shape index (κ3) is 70.5. The summed E-state index contributed by atoms with van der Waals surface area (Å²) >= 11 is 0. The SMILES string of the molecule is CC(C)CCCCCCCCCCCCCCCCCCC(=O)OC[C@H](COP(=O)(O)OCC(O)COP(=O)(O)OC[C@@H](COC(=O)CCCCCCCCC(C)C)OC(=O)CCCCCCCCCCCCCCCCCC(C)C)OC(=O)CCCCCCCCCC(C)C. The second-order valence-electron chi connectivity index (χ2n) is 29.7. The third-order valence-corrected chi connectivity index (χ3v) is 19.7. The highest BCUT2D eigenvalue weighted by molar-refractivity contribution is 7.47. The van der Waals surface area contributed by atoms with Crippen LogP contribution in [0.5, 0.6) is 0 Å². The first kappa shape index (κ1) is 94.1. The molecule has 570 valence electrons. The lowest BCUT2D eigenvalue weighted by Gasteiger charge is -2.21. The van der Waals surface area contributed by atoms with Gasteiger partial charge in [0, 0.05) is 25.7 Å². The van der Waals surface area contributed by atoms with Gasteiger partial charge in [0.25, 0.3) is 0 Å². The molecule has 19 heteroatoms. The Labute approximate surface area is 588 Å². The Hall–Kier alpha value is -1.94. The molecule has 0 saturated heterocycles. The number of hydrogen-bond donors (Lipinski definition) is 3. The van der Waals surface area contributed by atoms with Crippen molar-refractivity contribution < 1.29 is 80.2 Å². The largest absolute Gasteiger partial charge is 0.472 e. The first-order valence-corrected chi connectivity index (χ1v) is 42.7. The summed E-state index contributed by atoms with van der Waals surface area (Å²) in [4.78, 5) is 72.7. The molecule has 17 nitrogen and oxygen atoms in total. The fourth-order valence-electron chi connectivity index (χ4n) is 11.7. The first-order valence-electron chi connectivity index (χ1n) is 39.7. The van der Waals surface area contributed by atoms with Crippen LogP contribution in [0.4, 0.5) is 0 Å². The van der Waals surface area contributed by atoms with E-state index in [1.807, 2.05) is 0 Å². The smallest absolute Gasteiger partial charge is 0.462 e. The minimum Gasteiger partial charge on any atom is -0.462 e. The second-order valence-corrected chi connectivity index (χ2v) is 32.6. The van der Waals surface area contributed by atoms with Gasteiger partial charge < -0.3 is 33.8 Å². The van der Waals surface area contributed by atoms with E-state index in [9.17, 15) is 43.2 Å². The molecule has 0 rings (SSSR count). The number of phosphoric ester groups is 2. The van der Waals surface area contributed by atoms with Crippen LogP contribution in [0.1, 0.15) is 389 Å². The fourth-order valence-corrected chi connectivity index (χ4v) is 13.3. The van der Waals surface area contributed by atoms with Crippen LogP contribution in [0.15, 0.2) is 0 Å². The van der Waals surface area contributed by atoms with Gasteiger partial charge in [-0.3, -0.25) is 37.3 Å². The minimum absolute atomic E-state index is 0.103. The van der Waals surface area contributed by atoms with Crippen molar-refractivity contribution in [2.75, 3.05) is 39.6 Å². The molecule has 3 N–H and O–H groups in total. The molecule has 0 spiro atoms. The van der Waals surface area contributed by atoms with Crippen LogP contribution < -0.4 is 0 Å². The molecular formula is C77H150O17P2. The molecule has 0 aromatic heterocycles. The van der Waals surface area contributed by atoms with E-state index < -0.39 is 97.5 Å². The maximum Gasteiger partial charge on any atom is 0.472 e. The van der Waals surface area contributed by atoms with Crippen LogP contribution >= 0.6 is 15.6 Å². The maximum absolute atomic E-state index is 13.1. The van der Waals surface area contributed by atoms with Gasteiger partial charge in [0.15, 0.2) is 12.2 Å². The van der Waals surface area contributed by atoms with Gasteiger partial charge in [-0.1, -0.05) is 338 Å². The molecule has 3 unspecified atom stereocenters. The molecular weight excluding hydrogens is 1260 g/mol. The molecule has 0 bridgehead atoms. The van der Waals surface area contributed by atoms with Crippen molar-refractivity contribution in [1.82, 2.24) is 0 Å². The van der Waals surface area contributed by atoms with E-state index in [1.165, 1.54) is 186 Å². The Morgan fingerprint density at radius 1 is 0.260 bits per heavy atom. The predicted octanol–water partition coefficient (Wildman–Crippen LogP) is 22.4. The van der Waals surface area contributed by atoms with Crippen molar-refractivity contribution in [3.63, 3.8) is 0 Å². The Balaban J connectivity index is 5.15. The van der Waals surface area contributed by atoms with Gasteiger partial charge in [0.1, 0.15) is 19.3 Å². The summed E-state index contributed by atoms with van der Waals surface area (Å²) in [7, 11) is -9.91. The van der Waals surface area contributed by atoms with Gasteiger partial charge in [0.2, 0.25) is 0 Å². The monoisotopic (exact) mass is 1410 g/mol. The third-order valence-electron chi connectivity index (χ3n) is 17.8. The number of rotatable bonds is 74. The van der Waals surface area contributed by atoms with Crippen LogP contribution in [0, 0.1) is 23.7 Å². The molecule has 0 fully saturated rings. The van der Waals surface area contributed by atoms with E-state index >= 15 is 0 Å². The number of aliphatic hydroxyl groups is 1. The molecule has 0 aromatic carbocycles. The summed E-state index contributed by atoms with van der Waals surface area (Å²) in [6.07, 6.45) is 51.7. The number of esters is 4. The van der Waals surface area contributed by atoms with E-state index in [0.29, 0.717) is 37.5 Å². The van der Waals surface area contributed by atoms with Gasteiger partial charge in [-0.05, 0) is 49.4 Å². The Morgan fingerprint density at radius 3 is 0.646 bits per heavy atom. The van der Waals surface area contributed by atoms with Crippen molar-refractivity contribution in [3.05, 3.63) is 0 Å². The number of carbonyl (C=O) groups is 4. The summed E-state index contributed by atoms with van der Waals surface area (Å²) in [6.45, 7) is 14.1. The van der Waals surface area contributed by atoms with Crippen molar-refractivity contribution in [2.24, 2.45) is 23.7 Å². The zero-order valence-corrected chi connectivity index (χ0v) is 64.8. The zero-order valence-electron chi connectivity index (χ0n) is 63.0. The average molecular weight is 1410 g/mol. The lowest BCUT2D eigenvalue weighted by Crippen LogP contribution is -2.30. The molecule has 0 saturated carbocycles. The number of phosphoric acid groups is 2. The summed E-state index contributed by atoms with van der Waals surface area (Å²) < 4.78 is 68.5. The number of unbranched alkanes of at least 4 members (excludes halogenated alkanes) is 40. The number of carbonyl (C=O) groups excluding carboxylic acids is 4. The van der Waals surface area contributed by atoms with Crippen molar-refractivity contribution in [3.8, 4) is 0 Å². The molecule has 96 heavy (non-hydrogen) atoms. The van der Waals surface area contributed by atoms with Crippen LogP contribution in [-0.4, -0.2) is 96.7 Å². The standard InChI is InChI=1S/C77H150O17P2/c1-67(2)53-45-37-29-24-20-16-12-9-10-14-18-22-26-32-41-49-57-74(79)87-63-72(94-77(82)60-52-44-34-28-31-39-47-55-69(5)6)65-91-95(83,84)89-61-71(78)62-90-96(85,86)92-66-73(64-88-75(80)58-50-42-36-35-40-48-56-70(7)8)93-76(81)59-51-43-33-27-23-19-15-11-13-17-21-25-30-38-46-54-68(3)4/h67-73,78H,9-66H2,1-8H3,(H,83,84)(H,85,86)/t71?,72-,73-/m1/s1. The zero-order chi connectivity index (χ0) is 71.0. The topological polar surface area (TPSA) is 237 Å². The van der Waals surface area contributed by atoms with Crippen molar-refractivity contribution in [2.45, 2.75) is 408 Å². The van der Waals surface area contributed by atoms with Crippen LogP contribution in [0.25, 0.3) is 0 Å². The summed E-state index contributed by atoms with van der Waals surface area (Å²) in [6, 6.07) is 0. The number of hydrogen-bond acceptors (Lipinski definition) is 15. The van der Waals surface area contributed by atoms with Gasteiger partial charge in [-0.15, -0.1) is 0 Å².